The number of benzene rings is 1. The van der Waals surface area contributed by atoms with Crippen LogP contribution >= 0.6 is 0 Å². The number of imidazole rings is 1. The lowest BCUT2D eigenvalue weighted by Gasteiger charge is -2.35. The van der Waals surface area contributed by atoms with Crippen molar-refractivity contribution in [1.82, 2.24) is 9.97 Å². The van der Waals surface area contributed by atoms with Gasteiger partial charge in [-0.25, -0.2) is 4.98 Å². The van der Waals surface area contributed by atoms with E-state index < -0.39 is 0 Å². The summed E-state index contributed by atoms with van der Waals surface area (Å²) in [5, 5.41) is 0. The highest BCUT2D eigenvalue weighted by Crippen LogP contribution is 2.38. The van der Waals surface area contributed by atoms with Gasteiger partial charge < -0.3 is 10.7 Å². The fourth-order valence-electron chi connectivity index (χ4n) is 3.37. The summed E-state index contributed by atoms with van der Waals surface area (Å²) in [6, 6.07) is 6.38. The fourth-order valence-corrected chi connectivity index (χ4v) is 3.37. The van der Waals surface area contributed by atoms with E-state index in [-0.39, 0.29) is 5.41 Å². The van der Waals surface area contributed by atoms with Crippen molar-refractivity contribution in [3.63, 3.8) is 0 Å². The second-order valence-electron chi connectivity index (χ2n) is 6.15. The number of rotatable bonds is 3. The van der Waals surface area contributed by atoms with Crippen LogP contribution in [0.2, 0.25) is 0 Å². The molecule has 0 amide bonds. The minimum Gasteiger partial charge on any atom is -0.342 e. The van der Waals surface area contributed by atoms with E-state index in [4.69, 9.17) is 10.7 Å². The Hall–Kier alpha value is -1.35. The van der Waals surface area contributed by atoms with Crippen LogP contribution in [0.15, 0.2) is 18.2 Å². The van der Waals surface area contributed by atoms with Crippen molar-refractivity contribution < 1.29 is 0 Å². The second kappa shape index (κ2) is 4.97. The molecule has 2 aromatic rings. The highest BCUT2D eigenvalue weighted by molar-refractivity contribution is 5.75. The molecule has 0 unspecified atom stereocenters. The first-order chi connectivity index (χ1) is 9.21. The van der Waals surface area contributed by atoms with Crippen LogP contribution in [0, 0.1) is 12.3 Å². The van der Waals surface area contributed by atoms with Gasteiger partial charge in [-0.3, -0.25) is 0 Å². The zero-order chi connectivity index (χ0) is 13.3. The van der Waals surface area contributed by atoms with Crippen molar-refractivity contribution in [2.45, 2.75) is 45.4 Å². The van der Waals surface area contributed by atoms with Gasteiger partial charge in [0.15, 0.2) is 0 Å². The smallest absolute Gasteiger partial charge is 0.107 e. The van der Waals surface area contributed by atoms with Crippen LogP contribution in [-0.4, -0.2) is 16.5 Å². The van der Waals surface area contributed by atoms with Crippen molar-refractivity contribution >= 4 is 11.0 Å². The maximum Gasteiger partial charge on any atom is 0.107 e. The quantitative estimate of drug-likeness (QED) is 0.886. The summed E-state index contributed by atoms with van der Waals surface area (Å²) in [5.74, 6) is 1.10. The molecule has 1 heterocycles. The Morgan fingerprint density at radius 1 is 1.26 bits per heavy atom. The SMILES string of the molecule is Cc1ccc2nc(CC3(CN)CCCCC3)[nH]c2c1. The lowest BCUT2D eigenvalue weighted by Crippen LogP contribution is -2.35. The lowest BCUT2D eigenvalue weighted by molar-refractivity contribution is 0.194. The van der Waals surface area contributed by atoms with Crippen LogP contribution in [0.3, 0.4) is 0 Å². The molecule has 3 rings (SSSR count). The number of aryl methyl sites for hydroxylation is 1. The van der Waals surface area contributed by atoms with Crippen LogP contribution in [-0.2, 0) is 6.42 Å². The molecule has 1 aliphatic rings. The fraction of sp³-hybridized carbons (Fsp3) is 0.562. The maximum absolute atomic E-state index is 6.06. The van der Waals surface area contributed by atoms with Crippen molar-refractivity contribution in [3.05, 3.63) is 29.6 Å². The number of hydrogen-bond acceptors (Lipinski definition) is 2. The first kappa shape index (κ1) is 12.7. The molecule has 3 nitrogen and oxygen atoms in total. The first-order valence-corrected chi connectivity index (χ1v) is 7.36. The molecular weight excluding hydrogens is 234 g/mol. The Balaban J connectivity index is 1.87. The van der Waals surface area contributed by atoms with E-state index >= 15 is 0 Å². The highest BCUT2D eigenvalue weighted by Gasteiger charge is 2.31. The van der Waals surface area contributed by atoms with Gasteiger partial charge in [0.05, 0.1) is 11.0 Å². The van der Waals surface area contributed by atoms with Crippen molar-refractivity contribution in [3.8, 4) is 0 Å². The third kappa shape index (κ3) is 2.52. The van der Waals surface area contributed by atoms with E-state index in [1.54, 1.807) is 0 Å². The predicted octanol–water partition coefficient (Wildman–Crippen LogP) is 3.32. The van der Waals surface area contributed by atoms with Gasteiger partial charge >= 0.3 is 0 Å². The summed E-state index contributed by atoms with van der Waals surface area (Å²) >= 11 is 0. The monoisotopic (exact) mass is 257 g/mol. The zero-order valence-corrected chi connectivity index (χ0v) is 11.7. The predicted molar refractivity (Wildman–Crippen MR) is 79.1 cm³/mol. The number of aromatic amines is 1. The summed E-state index contributed by atoms with van der Waals surface area (Å²) in [4.78, 5) is 8.21. The van der Waals surface area contributed by atoms with Gasteiger partial charge in [-0.2, -0.15) is 0 Å². The summed E-state index contributed by atoms with van der Waals surface area (Å²) in [6.07, 6.45) is 7.49. The van der Waals surface area contributed by atoms with Crippen LogP contribution in [0.5, 0.6) is 0 Å². The minimum atomic E-state index is 0.279. The molecule has 1 fully saturated rings. The van der Waals surface area contributed by atoms with E-state index in [2.05, 4.69) is 30.1 Å². The number of hydrogen-bond donors (Lipinski definition) is 2. The van der Waals surface area contributed by atoms with Gasteiger partial charge in [-0.05, 0) is 49.4 Å². The molecule has 3 N–H and O–H groups in total. The molecular formula is C16H23N3. The molecule has 0 saturated heterocycles. The van der Waals surface area contributed by atoms with E-state index in [1.165, 1.54) is 37.7 Å². The Kier molecular flexibility index (Phi) is 3.31. The topological polar surface area (TPSA) is 54.7 Å². The molecule has 1 aromatic heterocycles. The summed E-state index contributed by atoms with van der Waals surface area (Å²) in [5.41, 5.74) is 9.84. The normalized spacial score (nSPS) is 18.8. The first-order valence-electron chi connectivity index (χ1n) is 7.36. The molecule has 0 atom stereocenters. The summed E-state index contributed by atoms with van der Waals surface area (Å²) in [6.45, 7) is 2.89. The number of nitrogens with zero attached hydrogens (tertiary/aromatic N) is 1. The van der Waals surface area contributed by atoms with Crippen LogP contribution in [0.25, 0.3) is 11.0 Å². The van der Waals surface area contributed by atoms with Gasteiger partial charge in [-0.15, -0.1) is 0 Å². The summed E-state index contributed by atoms with van der Waals surface area (Å²) < 4.78 is 0. The third-order valence-electron chi connectivity index (χ3n) is 4.58. The Morgan fingerprint density at radius 2 is 2.05 bits per heavy atom. The van der Waals surface area contributed by atoms with Gasteiger partial charge in [0.25, 0.3) is 0 Å². The van der Waals surface area contributed by atoms with Crippen molar-refractivity contribution in [2.24, 2.45) is 11.1 Å². The summed E-state index contributed by atoms with van der Waals surface area (Å²) in [7, 11) is 0. The van der Waals surface area contributed by atoms with Crippen LogP contribution in [0.4, 0.5) is 0 Å². The van der Waals surface area contributed by atoms with Gasteiger partial charge in [0.1, 0.15) is 5.82 Å². The number of H-pyrrole nitrogens is 1. The van der Waals surface area contributed by atoms with E-state index in [0.717, 1.165) is 29.8 Å². The molecule has 1 aliphatic carbocycles. The molecule has 0 radical (unpaired) electrons. The molecule has 1 aromatic carbocycles. The van der Waals surface area contributed by atoms with Gasteiger partial charge in [0.2, 0.25) is 0 Å². The highest BCUT2D eigenvalue weighted by atomic mass is 14.9. The van der Waals surface area contributed by atoms with Gasteiger partial charge in [-0.1, -0.05) is 25.3 Å². The molecule has 1 saturated carbocycles. The Labute approximate surface area is 114 Å². The number of fused-ring (bicyclic) bond motifs is 1. The van der Waals surface area contributed by atoms with E-state index in [0.29, 0.717) is 0 Å². The molecule has 0 spiro atoms. The average Bonchev–Trinajstić information content (AvgIpc) is 2.81. The second-order valence-corrected chi connectivity index (χ2v) is 6.15. The van der Waals surface area contributed by atoms with Crippen molar-refractivity contribution in [1.29, 1.82) is 0 Å². The Morgan fingerprint density at radius 3 is 2.79 bits per heavy atom. The molecule has 0 aliphatic heterocycles. The van der Waals surface area contributed by atoms with E-state index in [9.17, 15) is 0 Å². The van der Waals surface area contributed by atoms with E-state index in [1.807, 2.05) is 0 Å². The zero-order valence-electron chi connectivity index (χ0n) is 11.7. The number of nitrogens with one attached hydrogen (secondary N) is 1. The molecule has 102 valence electrons. The average molecular weight is 257 g/mol. The molecule has 3 heteroatoms. The minimum absolute atomic E-state index is 0.279. The van der Waals surface area contributed by atoms with Gasteiger partial charge in [0, 0.05) is 6.42 Å². The lowest BCUT2D eigenvalue weighted by atomic mass is 9.72. The number of nitrogens with two attached hydrogens (primary N) is 1. The Bertz CT molecular complexity index is 564. The largest absolute Gasteiger partial charge is 0.342 e. The van der Waals surface area contributed by atoms with Crippen molar-refractivity contribution in [2.75, 3.05) is 6.54 Å². The third-order valence-corrected chi connectivity index (χ3v) is 4.58. The maximum atomic E-state index is 6.06. The molecule has 19 heavy (non-hydrogen) atoms. The molecule has 0 bridgehead atoms. The van der Waals surface area contributed by atoms with Crippen LogP contribution < -0.4 is 5.73 Å². The standard InChI is InChI=1S/C16H23N3/c1-12-5-6-13-14(9-12)19-15(18-13)10-16(11-17)7-3-2-4-8-16/h5-6,9H,2-4,7-8,10-11,17H2,1H3,(H,18,19). The number of aromatic nitrogens is 2. The van der Waals surface area contributed by atoms with Crippen LogP contribution in [0.1, 0.15) is 43.5 Å².